The molecule has 3 heterocycles. The van der Waals surface area contributed by atoms with E-state index in [1.807, 2.05) is 24.3 Å². The van der Waals surface area contributed by atoms with Crippen LogP contribution in [0.25, 0.3) is 10.2 Å². The molecule has 0 radical (unpaired) electrons. The fourth-order valence-corrected chi connectivity index (χ4v) is 4.03. The van der Waals surface area contributed by atoms with Gasteiger partial charge in [0.25, 0.3) is 5.91 Å². The van der Waals surface area contributed by atoms with Crippen molar-refractivity contribution in [3.05, 3.63) is 47.2 Å². The third kappa shape index (κ3) is 2.71. The lowest BCUT2D eigenvalue weighted by Gasteiger charge is -2.30. The molecule has 2 aromatic heterocycles. The van der Waals surface area contributed by atoms with Gasteiger partial charge < -0.3 is 4.90 Å². The molecule has 0 saturated carbocycles. The number of nitrogens with zero attached hydrogens (tertiary/aromatic N) is 3. The Hall–Kier alpha value is -2.54. The zero-order valence-corrected chi connectivity index (χ0v) is 13.8. The minimum atomic E-state index is -0.0589. The third-order valence-electron chi connectivity index (χ3n) is 4.39. The highest BCUT2D eigenvalue weighted by Gasteiger charge is 2.30. The molecular weight excluding hydrogens is 324 g/mol. The predicted octanol–water partition coefficient (Wildman–Crippen LogP) is 2.75. The van der Waals surface area contributed by atoms with Gasteiger partial charge in [0.15, 0.2) is 10.8 Å². The van der Waals surface area contributed by atoms with Crippen molar-refractivity contribution in [3.8, 4) is 0 Å². The molecule has 0 unspecified atom stereocenters. The van der Waals surface area contributed by atoms with Gasteiger partial charge in [-0.1, -0.05) is 12.1 Å². The lowest BCUT2D eigenvalue weighted by atomic mass is 9.92. The molecule has 1 amide bonds. The number of nitrogens with one attached hydrogen (secondary N) is 1. The number of carbonyl (C=O) groups is 2. The van der Waals surface area contributed by atoms with Crippen molar-refractivity contribution in [1.82, 2.24) is 20.1 Å². The number of aromatic amines is 1. The van der Waals surface area contributed by atoms with Gasteiger partial charge in [0.05, 0.1) is 10.2 Å². The summed E-state index contributed by atoms with van der Waals surface area (Å²) in [5.41, 5.74) is 1.36. The lowest BCUT2D eigenvalue weighted by molar-refractivity contribution is 0.0645. The van der Waals surface area contributed by atoms with Gasteiger partial charge in [0.2, 0.25) is 0 Å². The van der Waals surface area contributed by atoms with Crippen molar-refractivity contribution in [2.24, 2.45) is 5.92 Å². The number of ketones is 1. The highest BCUT2D eigenvalue weighted by atomic mass is 32.1. The van der Waals surface area contributed by atoms with Crippen LogP contribution in [-0.4, -0.2) is 44.9 Å². The van der Waals surface area contributed by atoms with Gasteiger partial charge in [0, 0.05) is 25.2 Å². The fraction of sp³-hybridized carbons (Fsp3) is 0.294. The number of rotatable bonds is 3. The van der Waals surface area contributed by atoms with Crippen molar-refractivity contribution < 1.29 is 9.59 Å². The second-order valence-corrected chi connectivity index (χ2v) is 6.92. The molecule has 1 fully saturated rings. The van der Waals surface area contributed by atoms with Crippen LogP contribution in [0, 0.1) is 5.92 Å². The Morgan fingerprint density at radius 1 is 1.17 bits per heavy atom. The molecule has 0 bridgehead atoms. The first-order chi connectivity index (χ1) is 11.7. The molecule has 24 heavy (non-hydrogen) atoms. The molecule has 0 aliphatic carbocycles. The molecule has 3 aromatic rings. The van der Waals surface area contributed by atoms with Crippen LogP contribution >= 0.6 is 11.3 Å². The number of piperidine rings is 1. The largest absolute Gasteiger partial charge is 0.337 e. The van der Waals surface area contributed by atoms with Crippen molar-refractivity contribution in [3.63, 3.8) is 0 Å². The number of likely N-dealkylation sites (tertiary alicyclic amines) is 1. The van der Waals surface area contributed by atoms with Crippen LogP contribution in [0.4, 0.5) is 0 Å². The van der Waals surface area contributed by atoms with Crippen LogP contribution in [-0.2, 0) is 0 Å². The molecule has 122 valence electrons. The molecule has 6 nitrogen and oxygen atoms in total. The molecule has 4 rings (SSSR count). The van der Waals surface area contributed by atoms with E-state index < -0.39 is 0 Å². The second-order valence-electron chi connectivity index (χ2n) is 5.89. The summed E-state index contributed by atoms with van der Waals surface area (Å²) in [4.78, 5) is 31.2. The van der Waals surface area contributed by atoms with E-state index in [0.29, 0.717) is 36.6 Å². The quantitative estimate of drug-likeness (QED) is 0.744. The zero-order valence-electron chi connectivity index (χ0n) is 12.9. The number of benzene rings is 1. The smallest absolute Gasteiger partial charge is 0.271 e. The maximum Gasteiger partial charge on any atom is 0.271 e. The fourth-order valence-electron chi connectivity index (χ4n) is 3.04. The van der Waals surface area contributed by atoms with Gasteiger partial charge in [-0.15, -0.1) is 11.3 Å². The van der Waals surface area contributed by atoms with E-state index in [0.717, 1.165) is 10.2 Å². The summed E-state index contributed by atoms with van der Waals surface area (Å²) in [7, 11) is 0. The van der Waals surface area contributed by atoms with Gasteiger partial charge in [-0.25, -0.2) is 4.98 Å². The molecule has 1 N–H and O–H groups in total. The Morgan fingerprint density at radius 3 is 2.67 bits per heavy atom. The lowest BCUT2D eigenvalue weighted by Crippen LogP contribution is -2.40. The van der Waals surface area contributed by atoms with E-state index in [9.17, 15) is 9.59 Å². The third-order valence-corrected chi connectivity index (χ3v) is 5.44. The van der Waals surface area contributed by atoms with Crippen molar-refractivity contribution in [1.29, 1.82) is 0 Å². The molecule has 0 atom stereocenters. The Kier molecular flexibility index (Phi) is 3.86. The summed E-state index contributed by atoms with van der Waals surface area (Å²) < 4.78 is 1.03. The van der Waals surface area contributed by atoms with E-state index >= 15 is 0 Å². The van der Waals surface area contributed by atoms with E-state index in [2.05, 4.69) is 15.2 Å². The second kappa shape index (κ2) is 6.16. The SMILES string of the molecule is O=C(c1nc2ccccc2s1)C1CCN(C(=O)c2ccn[nH]2)CC1. The van der Waals surface area contributed by atoms with Gasteiger partial charge >= 0.3 is 0 Å². The Morgan fingerprint density at radius 2 is 1.96 bits per heavy atom. The minimum absolute atomic E-state index is 0.0570. The molecular formula is C17H16N4O2S. The highest BCUT2D eigenvalue weighted by Crippen LogP contribution is 2.27. The summed E-state index contributed by atoms with van der Waals surface area (Å²) in [6.45, 7) is 1.16. The number of carbonyl (C=O) groups excluding carboxylic acids is 2. The number of fused-ring (bicyclic) bond motifs is 1. The Balaban J connectivity index is 1.43. The predicted molar refractivity (Wildman–Crippen MR) is 91.2 cm³/mol. The van der Waals surface area contributed by atoms with Crippen LogP contribution < -0.4 is 0 Å². The van der Waals surface area contributed by atoms with Crippen LogP contribution in [0.1, 0.15) is 33.1 Å². The highest BCUT2D eigenvalue weighted by molar-refractivity contribution is 7.20. The zero-order chi connectivity index (χ0) is 16.5. The van der Waals surface area contributed by atoms with Gasteiger partial charge in [-0.2, -0.15) is 5.10 Å². The number of aromatic nitrogens is 3. The monoisotopic (exact) mass is 340 g/mol. The first-order valence-electron chi connectivity index (χ1n) is 7.91. The van der Waals surface area contributed by atoms with Crippen molar-refractivity contribution in [2.75, 3.05) is 13.1 Å². The summed E-state index contributed by atoms with van der Waals surface area (Å²) >= 11 is 1.45. The molecule has 1 aliphatic heterocycles. The number of thiazole rings is 1. The van der Waals surface area contributed by atoms with E-state index in [-0.39, 0.29) is 17.6 Å². The van der Waals surface area contributed by atoms with Crippen LogP contribution in [0.2, 0.25) is 0 Å². The first-order valence-corrected chi connectivity index (χ1v) is 8.72. The average molecular weight is 340 g/mol. The van der Waals surface area contributed by atoms with Crippen molar-refractivity contribution >= 4 is 33.2 Å². The maximum atomic E-state index is 12.7. The Bertz CT molecular complexity index is 846. The number of para-hydroxylation sites is 1. The Labute approximate surface area is 142 Å². The van der Waals surface area contributed by atoms with E-state index in [1.54, 1.807) is 17.2 Å². The summed E-state index contributed by atoms with van der Waals surface area (Å²) in [5, 5.41) is 7.08. The first kappa shape index (κ1) is 15.0. The summed E-state index contributed by atoms with van der Waals surface area (Å²) in [6, 6.07) is 9.45. The molecule has 0 spiro atoms. The minimum Gasteiger partial charge on any atom is -0.337 e. The number of amides is 1. The number of hydrogen-bond donors (Lipinski definition) is 1. The molecule has 1 aromatic carbocycles. The summed E-state index contributed by atoms with van der Waals surface area (Å²) in [6.07, 6.45) is 2.92. The standard InChI is InChI=1S/C17H16N4O2S/c22-15(16-19-12-3-1-2-4-14(12)24-16)11-6-9-21(10-7-11)17(23)13-5-8-18-20-13/h1-5,8,11H,6-7,9-10H2,(H,18,20). The van der Waals surface area contributed by atoms with E-state index in [4.69, 9.17) is 0 Å². The van der Waals surface area contributed by atoms with Crippen LogP contribution in [0.15, 0.2) is 36.5 Å². The van der Waals surface area contributed by atoms with Gasteiger partial charge in [0.1, 0.15) is 5.69 Å². The topological polar surface area (TPSA) is 79.0 Å². The molecule has 1 aliphatic rings. The van der Waals surface area contributed by atoms with Gasteiger partial charge in [-0.05, 0) is 31.0 Å². The molecule has 7 heteroatoms. The average Bonchev–Trinajstić information content (AvgIpc) is 3.30. The number of hydrogen-bond acceptors (Lipinski definition) is 5. The van der Waals surface area contributed by atoms with E-state index in [1.165, 1.54) is 11.3 Å². The maximum absolute atomic E-state index is 12.7. The van der Waals surface area contributed by atoms with Crippen LogP contribution in [0.5, 0.6) is 0 Å². The number of H-pyrrole nitrogens is 1. The van der Waals surface area contributed by atoms with Crippen LogP contribution in [0.3, 0.4) is 0 Å². The number of Topliss-reactive ketones (excluding diaryl/α,β-unsaturated/α-hetero) is 1. The normalized spacial score (nSPS) is 15.8. The van der Waals surface area contributed by atoms with Crippen molar-refractivity contribution in [2.45, 2.75) is 12.8 Å². The van der Waals surface area contributed by atoms with Gasteiger partial charge in [-0.3, -0.25) is 14.7 Å². The summed E-state index contributed by atoms with van der Waals surface area (Å²) in [5.74, 6) is -0.0143. The molecule has 1 saturated heterocycles.